The molecule has 0 aliphatic carbocycles. The molecule has 6 heteroatoms. The van der Waals surface area contributed by atoms with E-state index in [0.29, 0.717) is 16.6 Å². The van der Waals surface area contributed by atoms with E-state index in [9.17, 15) is 20.0 Å². The highest BCUT2D eigenvalue weighted by Crippen LogP contribution is 2.34. The fraction of sp³-hybridized carbons (Fsp3) is 0. The number of para-hydroxylation sites is 1. The van der Waals surface area contributed by atoms with E-state index in [0.717, 1.165) is 5.39 Å². The lowest BCUT2D eigenvalue weighted by molar-refractivity contribution is -0.384. The molecule has 6 nitrogen and oxygen atoms in total. The van der Waals surface area contributed by atoms with E-state index in [1.54, 1.807) is 36.4 Å². The number of rotatable bonds is 3. The van der Waals surface area contributed by atoms with E-state index in [4.69, 9.17) is 0 Å². The Labute approximate surface area is 118 Å². The minimum absolute atomic E-state index is 0.0247. The van der Waals surface area contributed by atoms with Crippen LogP contribution >= 0.6 is 0 Å². The van der Waals surface area contributed by atoms with Crippen molar-refractivity contribution in [3.63, 3.8) is 0 Å². The van der Waals surface area contributed by atoms with Gasteiger partial charge in [0, 0.05) is 28.6 Å². The van der Waals surface area contributed by atoms with Crippen LogP contribution in [0.2, 0.25) is 0 Å². The highest BCUT2D eigenvalue weighted by atomic mass is 16.6. The molecular weight excluding hydrogens is 272 g/mol. The molecule has 0 spiro atoms. The minimum Gasteiger partial charge on any atom is -0.477 e. The molecule has 0 bridgehead atoms. The van der Waals surface area contributed by atoms with Crippen molar-refractivity contribution in [2.75, 3.05) is 0 Å². The van der Waals surface area contributed by atoms with Crippen LogP contribution in [0, 0.1) is 10.1 Å². The highest BCUT2D eigenvalue weighted by molar-refractivity contribution is 6.07. The summed E-state index contributed by atoms with van der Waals surface area (Å²) in [6.07, 6.45) is 0. The van der Waals surface area contributed by atoms with Crippen LogP contribution in [-0.2, 0) is 0 Å². The van der Waals surface area contributed by atoms with Crippen LogP contribution in [0.5, 0.6) is 0 Å². The third-order valence-electron chi connectivity index (χ3n) is 3.27. The molecule has 0 amide bonds. The van der Waals surface area contributed by atoms with Gasteiger partial charge in [0.15, 0.2) is 0 Å². The van der Waals surface area contributed by atoms with Crippen LogP contribution in [0.3, 0.4) is 0 Å². The second-order valence-corrected chi connectivity index (χ2v) is 4.53. The maximum Gasteiger partial charge on any atom is 0.352 e. The standard InChI is InChI=1S/C15H10N2O4/c18-15(19)14-13(11-6-1-2-7-12(11)16-14)9-4-3-5-10(8-9)17(20)21/h1-8,16H,(H,18,19). The molecule has 104 valence electrons. The summed E-state index contributed by atoms with van der Waals surface area (Å²) in [7, 11) is 0. The number of fused-ring (bicyclic) bond motifs is 1. The fourth-order valence-electron chi connectivity index (χ4n) is 2.38. The Morgan fingerprint density at radius 3 is 2.62 bits per heavy atom. The quantitative estimate of drug-likeness (QED) is 0.568. The Hall–Kier alpha value is -3.15. The van der Waals surface area contributed by atoms with Crippen LogP contribution in [-0.4, -0.2) is 21.0 Å². The van der Waals surface area contributed by atoms with Gasteiger partial charge in [0.25, 0.3) is 5.69 Å². The first kappa shape index (κ1) is 12.9. The molecule has 3 rings (SSSR count). The summed E-state index contributed by atoms with van der Waals surface area (Å²) in [6.45, 7) is 0. The third-order valence-corrected chi connectivity index (χ3v) is 3.27. The number of nitrogens with one attached hydrogen (secondary N) is 1. The van der Waals surface area contributed by atoms with Crippen LogP contribution < -0.4 is 0 Å². The molecule has 0 saturated heterocycles. The van der Waals surface area contributed by atoms with Gasteiger partial charge in [-0.15, -0.1) is 0 Å². The first-order valence-corrected chi connectivity index (χ1v) is 6.17. The average molecular weight is 282 g/mol. The number of carboxylic acids is 1. The Morgan fingerprint density at radius 2 is 1.90 bits per heavy atom. The van der Waals surface area contributed by atoms with Crippen molar-refractivity contribution in [1.82, 2.24) is 4.98 Å². The number of aromatic nitrogens is 1. The molecule has 0 aliphatic rings. The molecule has 0 saturated carbocycles. The number of H-pyrrole nitrogens is 1. The number of nitro groups is 1. The van der Waals surface area contributed by atoms with Crippen molar-refractivity contribution in [3.8, 4) is 11.1 Å². The number of aromatic amines is 1. The SMILES string of the molecule is O=C(O)c1[nH]c2ccccc2c1-c1cccc([N+](=O)[O-])c1. The topological polar surface area (TPSA) is 96.2 Å². The van der Waals surface area contributed by atoms with Gasteiger partial charge in [-0.25, -0.2) is 4.79 Å². The number of nitro benzene ring substituents is 1. The van der Waals surface area contributed by atoms with Gasteiger partial charge in [-0.1, -0.05) is 30.3 Å². The minimum atomic E-state index is -1.10. The van der Waals surface area contributed by atoms with Gasteiger partial charge >= 0.3 is 5.97 Å². The molecule has 1 aromatic heterocycles. The van der Waals surface area contributed by atoms with Gasteiger partial charge in [0.2, 0.25) is 0 Å². The molecule has 0 unspecified atom stereocenters. The second kappa shape index (κ2) is 4.75. The van der Waals surface area contributed by atoms with Gasteiger partial charge in [0.1, 0.15) is 5.69 Å². The molecule has 0 radical (unpaired) electrons. The highest BCUT2D eigenvalue weighted by Gasteiger charge is 2.19. The molecule has 3 aromatic rings. The molecular formula is C15H10N2O4. The zero-order valence-electron chi connectivity index (χ0n) is 10.7. The van der Waals surface area contributed by atoms with Gasteiger partial charge in [-0.3, -0.25) is 10.1 Å². The van der Waals surface area contributed by atoms with E-state index < -0.39 is 10.9 Å². The summed E-state index contributed by atoms with van der Waals surface area (Å²) >= 11 is 0. The maximum atomic E-state index is 11.4. The number of benzene rings is 2. The van der Waals surface area contributed by atoms with Gasteiger partial charge in [-0.05, 0) is 11.6 Å². The lowest BCUT2D eigenvalue weighted by Crippen LogP contribution is -1.99. The normalized spacial score (nSPS) is 10.7. The van der Waals surface area contributed by atoms with Gasteiger partial charge < -0.3 is 10.1 Å². The zero-order valence-corrected chi connectivity index (χ0v) is 10.7. The fourth-order valence-corrected chi connectivity index (χ4v) is 2.38. The number of carbonyl (C=O) groups is 1. The summed E-state index contributed by atoms with van der Waals surface area (Å²) in [5.41, 5.74) is 1.59. The zero-order chi connectivity index (χ0) is 15.0. The van der Waals surface area contributed by atoms with E-state index in [2.05, 4.69) is 4.98 Å². The molecule has 21 heavy (non-hydrogen) atoms. The lowest BCUT2D eigenvalue weighted by Gasteiger charge is -2.02. The Morgan fingerprint density at radius 1 is 1.14 bits per heavy atom. The first-order valence-electron chi connectivity index (χ1n) is 6.17. The van der Waals surface area contributed by atoms with Crippen molar-refractivity contribution in [2.45, 2.75) is 0 Å². The number of carboxylic acid groups (broad SMARTS) is 1. The van der Waals surface area contributed by atoms with Crippen molar-refractivity contribution in [3.05, 3.63) is 64.3 Å². The largest absolute Gasteiger partial charge is 0.477 e. The first-order chi connectivity index (χ1) is 10.1. The van der Waals surface area contributed by atoms with Crippen molar-refractivity contribution in [2.24, 2.45) is 0 Å². The Balaban J connectivity index is 2.33. The predicted molar refractivity (Wildman–Crippen MR) is 77.3 cm³/mol. The van der Waals surface area contributed by atoms with Crippen LogP contribution in [0.15, 0.2) is 48.5 Å². The number of aromatic carboxylic acids is 1. The molecule has 1 heterocycles. The van der Waals surface area contributed by atoms with Crippen LogP contribution in [0.1, 0.15) is 10.5 Å². The Kier molecular flexibility index (Phi) is 2.91. The van der Waals surface area contributed by atoms with Gasteiger partial charge in [0.05, 0.1) is 4.92 Å². The molecule has 0 fully saturated rings. The monoisotopic (exact) mass is 282 g/mol. The number of nitrogens with zero attached hydrogens (tertiary/aromatic N) is 1. The maximum absolute atomic E-state index is 11.4. The second-order valence-electron chi connectivity index (χ2n) is 4.53. The van der Waals surface area contributed by atoms with Crippen LogP contribution in [0.4, 0.5) is 5.69 Å². The molecule has 0 aliphatic heterocycles. The summed E-state index contributed by atoms with van der Waals surface area (Å²) in [5.74, 6) is -1.10. The summed E-state index contributed by atoms with van der Waals surface area (Å²) in [6, 6.07) is 13.1. The van der Waals surface area contributed by atoms with Gasteiger partial charge in [-0.2, -0.15) is 0 Å². The van der Waals surface area contributed by atoms with E-state index >= 15 is 0 Å². The number of hydrogen-bond donors (Lipinski definition) is 2. The molecule has 0 atom stereocenters. The summed E-state index contributed by atoms with van der Waals surface area (Å²) in [5, 5.41) is 20.9. The number of non-ortho nitro benzene ring substituents is 1. The average Bonchev–Trinajstić information content (AvgIpc) is 2.87. The number of hydrogen-bond acceptors (Lipinski definition) is 3. The predicted octanol–water partition coefficient (Wildman–Crippen LogP) is 3.44. The lowest BCUT2D eigenvalue weighted by atomic mass is 10.0. The van der Waals surface area contributed by atoms with E-state index in [-0.39, 0.29) is 11.4 Å². The smallest absolute Gasteiger partial charge is 0.352 e. The van der Waals surface area contributed by atoms with Crippen LogP contribution in [0.25, 0.3) is 22.0 Å². The van der Waals surface area contributed by atoms with E-state index in [1.807, 2.05) is 0 Å². The molecule has 2 N–H and O–H groups in total. The third kappa shape index (κ3) is 2.12. The molecule has 2 aromatic carbocycles. The van der Waals surface area contributed by atoms with Crippen molar-refractivity contribution < 1.29 is 14.8 Å². The van der Waals surface area contributed by atoms with E-state index in [1.165, 1.54) is 12.1 Å². The van der Waals surface area contributed by atoms with Crippen molar-refractivity contribution in [1.29, 1.82) is 0 Å². The Bertz CT molecular complexity index is 867. The summed E-state index contributed by atoms with van der Waals surface area (Å²) in [4.78, 5) is 24.6. The van der Waals surface area contributed by atoms with Crippen molar-refractivity contribution >= 4 is 22.6 Å². The summed E-state index contributed by atoms with van der Waals surface area (Å²) < 4.78 is 0.